The number of carbonyl (C=O) groups is 2. The Labute approximate surface area is 150 Å². The highest BCUT2D eigenvalue weighted by Crippen LogP contribution is 2.28. The van der Waals surface area contributed by atoms with Crippen LogP contribution in [0.3, 0.4) is 0 Å². The van der Waals surface area contributed by atoms with Gasteiger partial charge in [0, 0.05) is 4.88 Å². The summed E-state index contributed by atoms with van der Waals surface area (Å²) < 4.78 is 0. The molecule has 0 saturated heterocycles. The zero-order chi connectivity index (χ0) is 16.9. The number of carbonyl (C=O) groups excluding carboxylic acids is 2. The molecule has 1 aromatic carbocycles. The molecule has 0 fully saturated rings. The van der Waals surface area contributed by atoms with Crippen LogP contribution in [0.1, 0.15) is 56.2 Å². The van der Waals surface area contributed by atoms with Crippen molar-refractivity contribution in [1.82, 2.24) is 10.9 Å². The number of benzene rings is 1. The van der Waals surface area contributed by atoms with Gasteiger partial charge in [0.05, 0.1) is 15.5 Å². The predicted octanol–water partition coefficient (Wildman–Crippen LogP) is 4.14. The monoisotopic (exact) mass is 362 g/mol. The maximum Gasteiger partial charge on any atom is 0.279 e. The summed E-state index contributed by atoms with van der Waals surface area (Å²) in [5.41, 5.74) is 6.52. The van der Waals surface area contributed by atoms with E-state index in [1.54, 1.807) is 24.3 Å². The summed E-state index contributed by atoms with van der Waals surface area (Å²) in [5, 5.41) is 0.350. The van der Waals surface area contributed by atoms with E-state index in [1.165, 1.54) is 47.5 Å². The van der Waals surface area contributed by atoms with Crippen LogP contribution in [0.15, 0.2) is 30.3 Å². The van der Waals surface area contributed by atoms with Gasteiger partial charge < -0.3 is 0 Å². The number of aryl methyl sites for hydroxylation is 2. The van der Waals surface area contributed by atoms with Crippen LogP contribution in [0.4, 0.5) is 0 Å². The molecule has 3 rings (SSSR count). The zero-order valence-corrected chi connectivity index (χ0v) is 14.8. The smallest absolute Gasteiger partial charge is 0.267 e. The fourth-order valence-corrected chi connectivity index (χ4v) is 4.21. The second kappa shape index (κ2) is 7.81. The van der Waals surface area contributed by atoms with Gasteiger partial charge in [0.1, 0.15) is 0 Å². The van der Waals surface area contributed by atoms with Crippen molar-refractivity contribution in [2.24, 2.45) is 0 Å². The number of amides is 2. The van der Waals surface area contributed by atoms with Crippen LogP contribution in [0.5, 0.6) is 0 Å². The van der Waals surface area contributed by atoms with Gasteiger partial charge in [-0.2, -0.15) is 0 Å². The maximum atomic E-state index is 12.3. The highest BCUT2D eigenvalue weighted by molar-refractivity contribution is 7.14. The minimum atomic E-state index is -0.427. The summed E-state index contributed by atoms with van der Waals surface area (Å²) in [6.45, 7) is 0. The molecule has 0 aliphatic heterocycles. The predicted molar refractivity (Wildman–Crippen MR) is 96.6 cm³/mol. The Bertz CT molecular complexity index is 732. The molecule has 0 radical (unpaired) electrons. The van der Waals surface area contributed by atoms with Crippen molar-refractivity contribution < 1.29 is 9.59 Å². The lowest BCUT2D eigenvalue weighted by atomic mass is 10.00. The molecule has 2 aromatic rings. The average molecular weight is 363 g/mol. The topological polar surface area (TPSA) is 58.2 Å². The van der Waals surface area contributed by atoms with Crippen molar-refractivity contribution in [3.63, 3.8) is 0 Å². The number of thiophene rings is 1. The molecule has 0 spiro atoms. The van der Waals surface area contributed by atoms with Gasteiger partial charge in [-0.05, 0) is 49.4 Å². The van der Waals surface area contributed by atoms with Crippen LogP contribution in [0.25, 0.3) is 0 Å². The molecule has 2 amide bonds. The summed E-state index contributed by atoms with van der Waals surface area (Å²) in [7, 11) is 0. The van der Waals surface area contributed by atoms with Crippen LogP contribution in [-0.4, -0.2) is 11.8 Å². The zero-order valence-electron chi connectivity index (χ0n) is 13.2. The quantitative estimate of drug-likeness (QED) is 0.789. The van der Waals surface area contributed by atoms with E-state index >= 15 is 0 Å². The molecule has 1 aliphatic carbocycles. The van der Waals surface area contributed by atoms with E-state index in [0.717, 1.165) is 12.8 Å². The SMILES string of the molecule is O=C(NNC(=O)c1ccccc1Cl)c1cc2c(s1)CCCCCC2. The van der Waals surface area contributed by atoms with Crippen molar-refractivity contribution in [2.75, 3.05) is 0 Å². The molecule has 1 aromatic heterocycles. The number of hydrogen-bond donors (Lipinski definition) is 2. The Morgan fingerprint density at radius 2 is 1.67 bits per heavy atom. The van der Waals surface area contributed by atoms with E-state index in [0.29, 0.717) is 15.5 Å². The Morgan fingerprint density at radius 3 is 2.46 bits per heavy atom. The van der Waals surface area contributed by atoms with Crippen molar-refractivity contribution in [3.8, 4) is 0 Å². The lowest BCUT2D eigenvalue weighted by molar-refractivity contribution is 0.0849. The lowest BCUT2D eigenvalue weighted by Gasteiger charge is -2.07. The highest BCUT2D eigenvalue weighted by atomic mass is 35.5. The summed E-state index contributed by atoms with van der Waals surface area (Å²) in [5.74, 6) is -0.712. The number of halogens is 1. The molecule has 2 N–H and O–H groups in total. The van der Waals surface area contributed by atoms with Crippen LogP contribution in [-0.2, 0) is 12.8 Å². The first kappa shape index (κ1) is 17.0. The van der Waals surface area contributed by atoms with Crippen molar-refractivity contribution >= 4 is 34.8 Å². The van der Waals surface area contributed by atoms with Gasteiger partial charge in [0.15, 0.2) is 0 Å². The summed E-state index contributed by atoms with van der Waals surface area (Å²) in [4.78, 5) is 26.3. The summed E-state index contributed by atoms with van der Waals surface area (Å²) in [6, 6.07) is 8.68. The van der Waals surface area contributed by atoms with E-state index in [2.05, 4.69) is 10.9 Å². The first-order chi connectivity index (χ1) is 11.6. The third-order valence-electron chi connectivity index (χ3n) is 4.13. The normalized spacial score (nSPS) is 14.2. The Balaban J connectivity index is 1.64. The first-order valence-corrected chi connectivity index (χ1v) is 9.31. The van der Waals surface area contributed by atoms with Gasteiger partial charge in [-0.1, -0.05) is 36.6 Å². The van der Waals surface area contributed by atoms with Crippen LogP contribution in [0.2, 0.25) is 5.02 Å². The van der Waals surface area contributed by atoms with E-state index in [1.807, 2.05) is 6.07 Å². The van der Waals surface area contributed by atoms with Gasteiger partial charge in [0.2, 0.25) is 0 Å². The number of nitrogens with one attached hydrogen (secondary N) is 2. The largest absolute Gasteiger partial charge is 0.279 e. The third-order valence-corrected chi connectivity index (χ3v) is 5.69. The molecule has 0 unspecified atom stereocenters. The van der Waals surface area contributed by atoms with Crippen LogP contribution < -0.4 is 10.9 Å². The average Bonchev–Trinajstić information content (AvgIpc) is 2.95. The maximum absolute atomic E-state index is 12.3. The summed E-state index contributed by atoms with van der Waals surface area (Å²) in [6.07, 6.45) is 6.94. The minimum Gasteiger partial charge on any atom is -0.267 e. The van der Waals surface area contributed by atoms with Crippen molar-refractivity contribution in [1.29, 1.82) is 0 Å². The molecule has 6 heteroatoms. The van der Waals surface area contributed by atoms with Gasteiger partial charge in [-0.15, -0.1) is 11.3 Å². The van der Waals surface area contributed by atoms with Crippen LogP contribution in [0, 0.1) is 0 Å². The van der Waals surface area contributed by atoms with Gasteiger partial charge in [0.25, 0.3) is 11.8 Å². The standard InChI is InChI=1S/C18H19ClN2O2S/c19-14-9-6-5-8-13(14)17(22)20-21-18(23)16-11-12-7-3-1-2-4-10-15(12)24-16/h5-6,8-9,11H,1-4,7,10H2,(H,20,22)(H,21,23). The van der Waals surface area contributed by atoms with E-state index in [4.69, 9.17) is 11.6 Å². The minimum absolute atomic E-state index is 0.285. The number of fused-ring (bicyclic) bond motifs is 1. The highest BCUT2D eigenvalue weighted by Gasteiger charge is 2.17. The summed E-state index contributed by atoms with van der Waals surface area (Å²) >= 11 is 7.51. The van der Waals surface area contributed by atoms with Crippen LogP contribution >= 0.6 is 22.9 Å². The lowest BCUT2D eigenvalue weighted by Crippen LogP contribution is -2.41. The molecular weight excluding hydrogens is 344 g/mol. The fourth-order valence-electron chi connectivity index (χ4n) is 2.84. The molecular formula is C18H19ClN2O2S. The third kappa shape index (κ3) is 3.97. The Kier molecular flexibility index (Phi) is 5.53. The Morgan fingerprint density at radius 1 is 0.958 bits per heavy atom. The number of rotatable bonds is 2. The fraction of sp³-hybridized carbons (Fsp3) is 0.333. The molecule has 126 valence electrons. The van der Waals surface area contributed by atoms with Gasteiger partial charge in [-0.3, -0.25) is 20.4 Å². The number of hydrogen-bond acceptors (Lipinski definition) is 3. The van der Waals surface area contributed by atoms with Crippen molar-refractivity contribution in [3.05, 3.63) is 56.2 Å². The van der Waals surface area contributed by atoms with Gasteiger partial charge in [-0.25, -0.2) is 0 Å². The van der Waals surface area contributed by atoms with E-state index < -0.39 is 5.91 Å². The molecule has 24 heavy (non-hydrogen) atoms. The molecule has 4 nitrogen and oxygen atoms in total. The second-order valence-corrected chi connectivity index (χ2v) is 7.41. The first-order valence-electron chi connectivity index (χ1n) is 8.12. The van der Waals surface area contributed by atoms with E-state index in [-0.39, 0.29) is 5.91 Å². The second-order valence-electron chi connectivity index (χ2n) is 5.86. The molecule has 0 bridgehead atoms. The molecule has 1 heterocycles. The molecule has 0 saturated carbocycles. The Hall–Kier alpha value is -1.85. The number of hydrazine groups is 1. The molecule has 0 atom stereocenters. The van der Waals surface area contributed by atoms with Crippen molar-refractivity contribution in [2.45, 2.75) is 38.5 Å². The van der Waals surface area contributed by atoms with E-state index in [9.17, 15) is 9.59 Å². The molecule has 1 aliphatic rings. The van der Waals surface area contributed by atoms with Gasteiger partial charge >= 0.3 is 0 Å².